The van der Waals surface area contributed by atoms with Crippen LogP contribution in [0.2, 0.25) is 0 Å². The molecule has 120 valence electrons. The minimum Gasteiger partial charge on any atom is -0.480 e. The molecule has 0 saturated carbocycles. The van der Waals surface area contributed by atoms with Crippen LogP contribution in [0.25, 0.3) is 0 Å². The highest BCUT2D eigenvalue weighted by atomic mass is 16.6. The molecule has 7 nitrogen and oxygen atoms in total. The van der Waals surface area contributed by atoms with Crippen LogP contribution in [0, 0.1) is 0 Å². The number of carbonyl (C=O) groups excluding carboxylic acids is 1. The van der Waals surface area contributed by atoms with Crippen molar-refractivity contribution in [3.8, 4) is 0 Å². The number of nitrogens with zero attached hydrogens (tertiary/aromatic N) is 1. The molecule has 7 heteroatoms. The van der Waals surface area contributed by atoms with E-state index in [1.54, 1.807) is 12.4 Å². The van der Waals surface area contributed by atoms with Crippen LogP contribution in [-0.2, 0) is 16.1 Å². The number of carbonyl (C=O) groups is 2. The quantitative estimate of drug-likeness (QED) is 0.780. The third kappa shape index (κ3) is 3.35. The molecule has 0 fully saturated rings. The Labute approximate surface area is 133 Å². The number of rotatable bonds is 3. The molecule has 3 rings (SSSR count). The molecule has 1 amide bonds. The Morgan fingerprint density at radius 2 is 2.09 bits per heavy atom. The number of hydrogen-bond acceptors (Lipinski definition) is 5. The minimum absolute atomic E-state index is 0.167. The van der Waals surface area contributed by atoms with Gasteiger partial charge in [0.05, 0.1) is 5.70 Å². The summed E-state index contributed by atoms with van der Waals surface area (Å²) in [6.45, 7) is 0.528. The second kappa shape index (κ2) is 6.53. The number of benzene rings is 1. The second-order valence-corrected chi connectivity index (χ2v) is 5.27. The van der Waals surface area contributed by atoms with Gasteiger partial charge in [-0.25, -0.2) is 4.79 Å². The third-order valence-corrected chi connectivity index (χ3v) is 3.74. The van der Waals surface area contributed by atoms with Gasteiger partial charge < -0.3 is 15.2 Å². The first-order valence-electron chi connectivity index (χ1n) is 7.26. The Morgan fingerprint density at radius 1 is 1.30 bits per heavy atom. The van der Waals surface area contributed by atoms with Gasteiger partial charge >= 0.3 is 12.1 Å². The second-order valence-electron chi connectivity index (χ2n) is 5.27. The van der Waals surface area contributed by atoms with E-state index in [0.717, 1.165) is 11.3 Å². The van der Waals surface area contributed by atoms with E-state index in [1.807, 2.05) is 30.3 Å². The molecule has 3 N–H and O–H groups in total. The number of carboxylic acids is 1. The molecule has 1 aromatic rings. The molecule has 0 saturated heterocycles. The van der Waals surface area contributed by atoms with E-state index < -0.39 is 18.1 Å². The van der Waals surface area contributed by atoms with Crippen molar-refractivity contribution < 1.29 is 19.4 Å². The fourth-order valence-corrected chi connectivity index (χ4v) is 2.53. The highest BCUT2D eigenvalue weighted by Crippen LogP contribution is 2.23. The number of aliphatic carboxylic acids is 1. The molecule has 1 atom stereocenters. The lowest BCUT2D eigenvalue weighted by atomic mass is 10.0. The van der Waals surface area contributed by atoms with Crippen LogP contribution in [0.5, 0.6) is 0 Å². The lowest BCUT2D eigenvalue weighted by Crippen LogP contribution is -2.48. The molecule has 0 spiro atoms. The summed E-state index contributed by atoms with van der Waals surface area (Å²) in [6, 6.07) is 8.67. The van der Waals surface area contributed by atoms with Crippen molar-refractivity contribution in [2.75, 3.05) is 6.54 Å². The summed E-state index contributed by atoms with van der Waals surface area (Å²) in [5, 5.41) is 15.1. The summed E-state index contributed by atoms with van der Waals surface area (Å²) in [4.78, 5) is 24.9. The fourth-order valence-electron chi connectivity index (χ4n) is 2.53. The summed E-state index contributed by atoms with van der Waals surface area (Å²) in [5.41, 5.74) is 2.29. The normalized spacial score (nSPS) is 19.8. The largest absolute Gasteiger partial charge is 0.480 e. The Bertz CT molecular complexity index is 669. The highest BCUT2D eigenvalue weighted by Gasteiger charge is 2.32. The zero-order valence-corrected chi connectivity index (χ0v) is 12.4. The van der Waals surface area contributed by atoms with Crippen LogP contribution in [-0.4, -0.2) is 34.7 Å². The standard InChI is InChI=1S/C16H17N3O4/c20-15(21)12-8-14-13(9-18-12)17-6-7-19(14)16(22)23-10-11-4-2-1-3-5-11/h1-7,12,17-18H,8-10H2,(H,20,21). The first-order valence-corrected chi connectivity index (χ1v) is 7.26. The van der Waals surface area contributed by atoms with Crippen molar-refractivity contribution in [2.45, 2.75) is 19.1 Å². The molecule has 0 aromatic heterocycles. The molecule has 2 aliphatic rings. The number of ether oxygens (including phenoxy) is 1. The number of nitrogens with one attached hydrogen (secondary N) is 2. The first-order chi connectivity index (χ1) is 11.1. The van der Waals surface area contributed by atoms with E-state index in [4.69, 9.17) is 9.84 Å². The van der Waals surface area contributed by atoms with Gasteiger partial charge in [-0.3, -0.25) is 15.0 Å². The molecule has 2 aliphatic heterocycles. The van der Waals surface area contributed by atoms with Gasteiger partial charge in [0.15, 0.2) is 0 Å². The molecular formula is C16H17N3O4. The summed E-state index contributed by atoms with van der Waals surface area (Å²) in [7, 11) is 0. The molecule has 1 unspecified atom stereocenters. The summed E-state index contributed by atoms with van der Waals surface area (Å²) >= 11 is 0. The smallest absolute Gasteiger partial charge is 0.418 e. The van der Waals surface area contributed by atoms with E-state index in [9.17, 15) is 9.59 Å². The number of carboxylic acid groups (broad SMARTS) is 1. The van der Waals surface area contributed by atoms with Crippen LogP contribution in [0.1, 0.15) is 12.0 Å². The lowest BCUT2D eigenvalue weighted by Gasteiger charge is -2.33. The highest BCUT2D eigenvalue weighted by molar-refractivity contribution is 5.76. The average molecular weight is 315 g/mol. The van der Waals surface area contributed by atoms with Crippen LogP contribution in [0.15, 0.2) is 54.1 Å². The maximum atomic E-state index is 12.3. The van der Waals surface area contributed by atoms with Crippen LogP contribution in [0.4, 0.5) is 4.79 Å². The van der Waals surface area contributed by atoms with Crippen molar-refractivity contribution in [3.05, 3.63) is 59.7 Å². The van der Waals surface area contributed by atoms with Gasteiger partial charge in [-0.2, -0.15) is 0 Å². The molecule has 1 aromatic carbocycles. The van der Waals surface area contributed by atoms with Crippen molar-refractivity contribution in [1.29, 1.82) is 0 Å². The summed E-state index contributed by atoms with van der Waals surface area (Å²) in [5.74, 6) is -0.941. The van der Waals surface area contributed by atoms with Gasteiger partial charge in [-0.1, -0.05) is 30.3 Å². The van der Waals surface area contributed by atoms with Crippen molar-refractivity contribution in [2.24, 2.45) is 0 Å². The van der Waals surface area contributed by atoms with E-state index in [2.05, 4.69) is 10.6 Å². The molecule has 0 aliphatic carbocycles. The Kier molecular flexibility index (Phi) is 4.29. The Morgan fingerprint density at radius 3 is 2.83 bits per heavy atom. The predicted molar refractivity (Wildman–Crippen MR) is 81.8 cm³/mol. The number of amides is 1. The van der Waals surface area contributed by atoms with E-state index in [1.165, 1.54) is 4.90 Å². The molecule has 23 heavy (non-hydrogen) atoms. The van der Waals surface area contributed by atoms with E-state index in [-0.39, 0.29) is 13.0 Å². The summed E-state index contributed by atoms with van der Waals surface area (Å²) < 4.78 is 5.32. The molecule has 0 radical (unpaired) electrons. The SMILES string of the molecule is O=C(O)C1CC2=C(CN1)NC=CN2C(=O)OCc1ccccc1. The van der Waals surface area contributed by atoms with Crippen LogP contribution < -0.4 is 10.6 Å². The van der Waals surface area contributed by atoms with Gasteiger partial charge in [-0.15, -0.1) is 0 Å². The first kappa shape index (κ1) is 15.1. The zero-order valence-electron chi connectivity index (χ0n) is 12.4. The molecule has 0 bridgehead atoms. The average Bonchev–Trinajstić information content (AvgIpc) is 2.59. The van der Waals surface area contributed by atoms with Gasteiger partial charge in [0.2, 0.25) is 0 Å². The summed E-state index contributed by atoms with van der Waals surface area (Å²) in [6.07, 6.45) is 2.87. The maximum Gasteiger partial charge on any atom is 0.418 e. The molecular weight excluding hydrogens is 298 g/mol. The van der Waals surface area contributed by atoms with Gasteiger partial charge in [0.1, 0.15) is 12.6 Å². The van der Waals surface area contributed by atoms with Gasteiger partial charge in [-0.05, 0) is 5.56 Å². The van der Waals surface area contributed by atoms with Crippen molar-refractivity contribution in [1.82, 2.24) is 15.5 Å². The van der Waals surface area contributed by atoms with Crippen LogP contribution in [0.3, 0.4) is 0 Å². The third-order valence-electron chi connectivity index (χ3n) is 3.74. The van der Waals surface area contributed by atoms with Crippen LogP contribution >= 0.6 is 0 Å². The lowest BCUT2D eigenvalue weighted by molar-refractivity contribution is -0.139. The fraction of sp³-hybridized carbons (Fsp3) is 0.250. The maximum absolute atomic E-state index is 12.3. The van der Waals surface area contributed by atoms with E-state index >= 15 is 0 Å². The Hall–Kier alpha value is -2.80. The topological polar surface area (TPSA) is 90.9 Å². The minimum atomic E-state index is -0.941. The zero-order chi connectivity index (χ0) is 16.2. The molecule has 2 heterocycles. The van der Waals surface area contributed by atoms with Crippen molar-refractivity contribution in [3.63, 3.8) is 0 Å². The van der Waals surface area contributed by atoms with Gasteiger partial charge in [0, 0.05) is 31.1 Å². The van der Waals surface area contributed by atoms with E-state index in [0.29, 0.717) is 12.2 Å². The number of hydrogen-bond donors (Lipinski definition) is 3. The monoisotopic (exact) mass is 315 g/mol. The van der Waals surface area contributed by atoms with Gasteiger partial charge in [0.25, 0.3) is 0 Å². The Balaban J connectivity index is 1.69. The van der Waals surface area contributed by atoms with Crippen molar-refractivity contribution >= 4 is 12.1 Å². The predicted octanol–water partition coefficient (Wildman–Crippen LogP) is 1.36.